The first-order chi connectivity index (χ1) is 7.54. The molecular weight excluding hydrogens is 226 g/mol. The monoisotopic (exact) mass is 241 g/mol. The van der Waals surface area contributed by atoms with Gasteiger partial charge in [-0.25, -0.2) is 4.79 Å². The molecule has 0 bridgehead atoms. The molecule has 5 heteroatoms. The van der Waals surface area contributed by atoms with Gasteiger partial charge in [0.05, 0.1) is 4.88 Å². The maximum atomic E-state index is 11.7. The molecule has 4 nitrogen and oxygen atoms in total. The summed E-state index contributed by atoms with van der Waals surface area (Å²) in [5, 5.41) is 11.4. The molecular formula is C11H15NO3S. The number of carbonyl (C=O) groups excluding carboxylic acids is 1. The lowest BCUT2D eigenvalue weighted by Crippen LogP contribution is -2.40. The van der Waals surface area contributed by atoms with Gasteiger partial charge in [0, 0.05) is 4.88 Å². The first-order valence-corrected chi connectivity index (χ1v) is 5.96. The lowest BCUT2D eigenvalue weighted by molar-refractivity contribution is -0.139. The highest BCUT2D eigenvalue weighted by Crippen LogP contribution is 2.15. The van der Waals surface area contributed by atoms with Crippen LogP contribution >= 0.6 is 11.3 Å². The molecule has 1 aromatic rings. The van der Waals surface area contributed by atoms with Gasteiger partial charge in [-0.1, -0.05) is 13.3 Å². The first-order valence-electron chi connectivity index (χ1n) is 5.14. The largest absolute Gasteiger partial charge is 0.480 e. The highest BCUT2D eigenvalue weighted by Gasteiger charge is 2.20. The van der Waals surface area contributed by atoms with Crippen LogP contribution < -0.4 is 5.32 Å². The average molecular weight is 241 g/mol. The summed E-state index contributed by atoms with van der Waals surface area (Å²) in [7, 11) is 0. The topological polar surface area (TPSA) is 66.4 Å². The van der Waals surface area contributed by atoms with Gasteiger partial charge in [0.1, 0.15) is 6.04 Å². The lowest BCUT2D eigenvalue weighted by atomic mass is 10.1. The summed E-state index contributed by atoms with van der Waals surface area (Å²) >= 11 is 1.36. The molecule has 0 saturated carbocycles. The van der Waals surface area contributed by atoms with E-state index in [4.69, 9.17) is 5.11 Å². The fourth-order valence-corrected chi connectivity index (χ4v) is 2.10. The Morgan fingerprint density at radius 1 is 1.50 bits per heavy atom. The van der Waals surface area contributed by atoms with Gasteiger partial charge in [-0.3, -0.25) is 4.79 Å². The standard InChI is InChI=1S/C11H15NO3S/c1-3-4-8(11(14)15)12-10(13)9-6-5-7(2)16-9/h5-6,8H,3-4H2,1-2H3,(H,12,13)(H,14,15). The van der Waals surface area contributed by atoms with Gasteiger partial charge < -0.3 is 10.4 Å². The number of aliphatic carboxylic acids is 1. The van der Waals surface area contributed by atoms with Crippen LogP contribution in [0, 0.1) is 6.92 Å². The van der Waals surface area contributed by atoms with Crippen LogP contribution in [-0.2, 0) is 4.79 Å². The number of nitrogens with one attached hydrogen (secondary N) is 1. The van der Waals surface area contributed by atoms with E-state index in [0.717, 1.165) is 11.3 Å². The van der Waals surface area contributed by atoms with E-state index in [1.807, 2.05) is 19.9 Å². The quantitative estimate of drug-likeness (QED) is 0.829. The summed E-state index contributed by atoms with van der Waals surface area (Å²) < 4.78 is 0. The molecule has 1 unspecified atom stereocenters. The number of thiophene rings is 1. The van der Waals surface area contributed by atoms with Crippen LogP contribution in [0.15, 0.2) is 12.1 Å². The molecule has 1 amide bonds. The van der Waals surface area contributed by atoms with E-state index in [0.29, 0.717) is 11.3 Å². The van der Waals surface area contributed by atoms with Crippen molar-refractivity contribution in [1.82, 2.24) is 5.32 Å². The maximum absolute atomic E-state index is 11.7. The van der Waals surface area contributed by atoms with Crippen molar-refractivity contribution in [2.24, 2.45) is 0 Å². The third-order valence-electron chi connectivity index (χ3n) is 2.14. The lowest BCUT2D eigenvalue weighted by Gasteiger charge is -2.12. The Kier molecular flexibility index (Phi) is 4.49. The predicted octanol–water partition coefficient (Wildman–Crippen LogP) is 2.04. The molecule has 0 spiro atoms. The molecule has 1 rings (SSSR count). The molecule has 1 heterocycles. The Labute approximate surface area is 98.3 Å². The zero-order valence-corrected chi connectivity index (χ0v) is 10.1. The molecule has 2 N–H and O–H groups in total. The van der Waals surface area contributed by atoms with Crippen LogP contribution in [0.2, 0.25) is 0 Å². The van der Waals surface area contributed by atoms with Crippen molar-refractivity contribution in [2.75, 3.05) is 0 Å². The SMILES string of the molecule is CCCC(NC(=O)c1ccc(C)s1)C(=O)O. The van der Waals surface area contributed by atoms with E-state index < -0.39 is 12.0 Å². The maximum Gasteiger partial charge on any atom is 0.326 e. The zero-order valence-electron chi connectivity index (χ0n) is 9.32. The average Bonchev–Trinajstić information content (AvgIpc) is 2.64. The van der Waals surface area contributed by atoms with Crippen molar-refractivity contribution < 1.29 is 14.7 Å². The van der Waals surface area contributed by atoms with Gasteiger partial charge in [0.25, 0.3) is 5.91 Å². The van der Waals surface area contributed by atoms with Crippen molar-refractivity contribution in [1.29, 1.82) is 0 Å². The highest BCUT2D eigenvalue weighted by molar-refractivity contribution is 7.13. The molecule has 1 atom stereocenters. The molecule has 0 aromatic carbocycles. The second-order valence-electron chi connectivity index (χ2n) is 3.56. The predicted molar refractivity (Wildman–Crippen MR) is 62.9 cm³/mol. The van der Waals surface area contributed by atoms with Gasteiger partial charge in [-0.2, -0.15) is 0 Å². The molecule has 0 aliphatic heterocycles. The fourth-order valence-electron chi connectivity index (χ4n) is 1.33. The number of carbonyl (C=O) groups is 2. The summed E-state index contributed by atoms with van der Waals surface area (Å²) in [5.41, 5.74) is 0. The van der Waals surface area contributed by atoms with Gasteiger partial charge in [0.15, 0.2) is 0 Å². The smallest absolute Gasteiger partial charge is 0.326 e. The van der Waals surface area contributed by atoms with Crippen molar-refractivity contribution in [3.8, 4) is 0 Å². The minimum absolute atomic E-state index is 0.307. The summed E-state index contributed by atoms with van der Waals surface area (Å²) in [6.07, 6.45) is 1.17. The summed E-state index contributed by atoms with van der Waals surface area (Å²) in [6.45, 7) is 3.79. The third kappa shape index (κ3) is 3.34. The van der Waals surface area contributed by atoms with Gasteiger partial charge in [-0.15, -0.1) is 11.3 Å². The minimum Gasteiger partial charge on any atom is -0.480 e. The van der Waals surface area contributed by atoms with Gasteiger partial charge in [-0.05, 0) is 25.5 Å². The van der Waals surface area contributed by atoms with Gasteiger partial charge >= 0.3 is 5.97 Å². The number of carboxylic acids is 1. The minimum atomic E-state index is -0.983. The van der Waals surface area contributed by atoms with Crippen molar-refractivity contribution in [3.63, 3.8) is 0 Å². The summed E-state index contributed by atoms with van der Waals surface area (Å²) in [5.74, 6) is -1.29. The molecule has 1 aromatic heterocycles. The normalized spacial score (nSPS) is 12.1. The number of hydrogen-bond donors (Lipinski definition) is 2. The van der Waals surface area contributed by atoms with Crippen LogP contribution in [0.5, 0.6) is 0 Å². The Bertz CT molecular complexity index is 386. The second kappa shape index (κ2) is 5.65. The summed E-state index contributed by atoms with van der Waals surface area (Å²) in [4.78, 5) is 24.1. The number of carboxylic acid groups (broad SMARTS) is 1. The van der Waals surface area contributed by atoms with Crippen molar-refractivity contribution in [2.45, 2.75) is 32.7 Å². The van der Waals surface area contributed by atoms with Crippen LogP contribution in [0.4, 0.5) is 0 Å². The molecule has 0 aliphatic carbocycles. The van der Waals surface area contributed by atoms with Gasteiger partial charge in [0.2, 0.25) is 0 Å². The third-order valence-corrected chi connectivity index (χ3v) is 3.14. The van der Waals surface area contributed by atoms with Crippen LogP contribution in [0.1, 0.15) is 34.3 Å². The van der Waals surface area contributed by atoms with E-state index in [1.54, 1.807) is 6.07 Å². The van der Waals surface area contributed by atoms with Crippen molar-refractivity contribution in [3.05, 3.63) is 21.9 Å². The molecule has 0 saturated heterocycles. The van der Waals surface area contributed by atoms with Crippen molar-refractivity contribution >= 4 is 23.2 Å². The molecule has 0 radical (unpaired) electrons. The Morgan fingerprint density at radius 3 is 2.62 bits per heavy atom. The van der Waals surface area contributed by atoms with E-state index in [1.165, 1.54) is 11.3 Å². The summed E-state index contributed by atoms with van der Waals surface area (Å²) in [6, 6.07) is 2.76. The van der Waals surface area contributed by atoms with E-state index >= 15 is 0 Å². The van der Waals surface area contributed by atoms with Crippen LogP contribution in [-0.4, -0.2) is 23.0 Å². The zero-order chi connectivity index (χ0) is 12.1. The number of aryl methyl sites for hydroxylation is 1. The number of amides is 1. The molecule has 0 aliphatic rings. The van der Waals surface area contributed by atoms with E-state index in [9.17, 15) is 9.59 Å². The fraction of sp³-hybridized carbons (Fsp3) is 0.455. The first kappa shape index (κ1) is 12.7. The van der Waals surface area contributed by atoms with E-state index in [2.05, 4.69) is 5.32 Å². The van der Waals surface area contributed by atoms with E-state index in [-0.39, 0.29) is 5.91 Å². The molecule has 16 heavy (non-hydrogen) atoms. The molecule has 0 fully saturated rings. The van der Waals surface area contributed by atoms with Crippen LogP contribution in [0.3, 0.4) is 0 Å². The Balaban J connectivity index is 2.65. The molecule has 88 valence electrons. The number of hydrogen-bond acceptors (Lipinski definition) is 3. The second-order valence-corrected chi connectivity index (χ2v) is 4.85. The Morgan fingerprint density at radius 2 is 2.19 bits per heavy atom. The Hall–Kier alpha value is -1.36. The highest BCUT2D eigenvalue weighted by atomic mass is 32.1. The van der Waals surface area contributed by atoms with Crippen LogP contribution in [0.25, 0.3) is 0 Å². The number of rotatable bonds is 5.